The van der Waals surface area contributed by atoms with Gasteiger partial charge in [-0.15, -0.1) is 0 Å². The molecule has 36 heavy (non-hydrogen) atoms. The van der Waals surface area contributed by atoms with Gasteiger partial charge in [-0.05, 0) is 67.5 Å². The average molecular weight is 491 g/mol. The third-order valence-corrected chi connectivity index (χ3v) is 4.96. The van der Waals surface area contributed by atoms with Gasteiger partial charge in [0, 0.05) is 11.1 Å². The Morgan fingerprint density at radius 3 is 2.11 bits per heavy atom. The van der Waals surface area contributed by atoms with Gasteiger partial charge in [-0.25, -0.2) is 9.59 Å². The quantitative estimate of drug-likeness (QED) is 0.184. The highest BCUT2D eigenvalue weighted by Crippen LogP contribution is 2.23. The van der Waals surface area contributed by atoms with E-state index in [-0.39, 0.29) is 22.7 Å². The number of ether oxygens (including phenoxy) is 3. The van der Waals surface area contributed by atoms with E-state index in [1.165, 1.54) is 30.4 Å². The Morgan fingerprint density at radius 1 is 0.722 bits per heavy atom. The number of allylic oxidation sites excluding steroid dienone is 1. The summed E-state index contributed by atoms with van der Waals surface area (Å²) in [7, 11) is 0. The molecule has 0 aliphatic heterocycles. The first kappa shape index (κ1) is 26.0. The van der Waals surface area contributed by atoms with Gasteiger partial charge in [-0.1, -0.05) is 30.3 Å². The minimum atomic E-state index is -1.18. The zero-order chi connectivity index (χ0) is 25.8. The van der Waals surface area contributed by atoms with E-state index >= 15 is 0 Å². The zero-order valence-electron chi connectivity index (χ0n) is 19.5. The molecule has 8 nitrogen and oxygen atoms in total. The number of carbonyl (C=O) groups is 3. The summed E-state index contributed by atoms with van der Waals surface area (Å²) in [6, 6.07) is 20.3. The van der Waals surface area contributed by atoms with Gasteiger partial charge in [-0.3, -0.25) is 4.79 Å². The van der Waals surface area contributed by atoms with E-state index in [1.54, 1.807) is 24.3 Å². The summed E-state index contributed by atoms with van der Waals surface area (Å²) in [6.07, 6.45) is 4.27. The molecule has 0 heterocycles. The fourth-order valence-corrected chi connectivity index (χ4v) is 3.18. The number of carboxylic acids is 2. The monoisotopic (exact) mass is 490 g/mol. The minimum absolute atomic E-state index is 0.0191. The summed E-state index contributed by atoms with van der Waals surface area (Å²) in [5, 5.41) is 18.1. The van der Waals surface area contributed by atoms with Crippen molar-refractivity contribution in [1.29, 1.82) is 0 Å². The average Bonchev–Trinajstić information content (AvgIpc) is 2.88. The number of para-hydroxylation sites is 1. The SMILES string of the molecule is O=C(O)COc1ccc(C(=O)O)cc1/C=C/C(=O)c1cccc(OCCCCOc2ccccc2)c1. The summed E-state index contributed by atoms with van der Waals surface area (Å²) in [5.74, 6) is -1.13. The van der Waals surface area contributed by atoms with Gasteiger partial charge >= 0.3 is 11.9 Å². The first-order valence-electron chi connectivity index (χ1n) is 11.3. The van der Waals surface area contributed by atoms with Crippen LogP contribution in [0.15, 0.2) is 78.9 Å². The van der Waals surface area contributed by atoms with Crippen LogP contribution in [0.2, 0.25) is 0 Å². The maximum atomic E-state index is 12.7. The van der Waals surface area contributed by atoms with Crippen molar-refractivity contribution in [2.45, 2.75) is 12.8 Å². The second kappa shape index (κ2) is 13.3. The maximum Gasteiger partial charge on any atom is 0.341 e. The van der Waals surface area contributed by atoms with Crippen LogP contribution in [0.25, 0.3) is 6.08 Å². The molecular weight excluding hydrogens is 464 g/mol. The Labute approximate surface area is 208 Å². The number of ketones is 1. The van der Waals surface area contributed by atoms with Crippen LogP contribution in [-0.4, -0.2) is 47.8 Å². The molecule has 186 valence electrons. The molecule has 3 aromatic carbocycles. The number of carboxylic acid groups (broad SMARTS) is 2. The smallest absolute Gasteiger partial charge is 0.341 e. The Balaban J connectivity index is 1.56. The molecule has 0 fully saturated rings. The van der Waals surface area contributed by atoms with Gasteiger partial charge in [0.2, 0.25) is 0 Å². The van der Waals surface area contributed by atoms with Gasteiger partial charge in [-0.2, -0.15) is 0 Å². The Morgan fingerprint density at radius 2 is 1.42 bits per heavy atom. The highest BCUT2D eigenvalue weighted by molar-refractivity contribution is 6.07. The van der Waals surface area contributed by atoms with Crippen LogP contribution >= 0.6 is 0 Å². The van der Waals surface area contributed by atoms with E-state index in [4.69, 9.17) is 19.3 Å². The lowest BCUT2D eigenvalue weighted by atomic mass is 10.1. The van der Waals surface area contributed by atoms with Crippen molar-refractivity contribution in [2.24, 2.45) is 0 Å². The van der Waals surface area contributed by atoms with Crippen LogP contribution in [0.1, 0.15) is 39.1 Å². The molecule has 0 saturated carbocycles. The molecule has 0 unspecified atom stereocenters. The molecule has 2 N–H and O–H groups in total. The zero-order valence-corrected chi connectivity index (χ0v) is 19.5. The molecule has 0 saturated heterocycles. The van der Waals surface area contributed by atoms with Crippen LogP contribution in [0.3, 0.4) is 0 Å². The van der Waals surface area contributed by atoms with E-state index in [2.05, 4.69) is 0 Å². The van der Waals surface area contributed by atoms with Gasteiger partial charge in [0.05, 0.1) is 18.8 Å². The van der Waals surface area contributed by atoms with Crippen molar-refractivity contribution in [1.82, 2.24) is 0 Å². The summed E-state index contributed by atoms with van der Waals surface area (Å²) in [5.41, 5.74) is 0.641. The second-order valence-corrected chi connectivity index (χ2v) is 7.68. The predicted octanol–water partition coefficient (Wildman–Crippen LogP) is 4.98. The largest absolute Gasteiger partial charge is 0.494 e. The standard InChI is InChI=1S/C28H26O8/c29-25(13-11-21-17-22(28(32)33)12-14-26(21)36-19-27(30)31)20-7-6-10-24(18-20)35-16-5-4-15-34-23-8-2-1-3-9-23/h1-3,6-14,17-18H,4-5,15-16,19H2,(H,30,31)(H,32,33)/b13-11+. The number of aliphatic carboxylic acids is 1. The Bertz CT molecular complexity index is 1220. The van der Waals surface area contributed by atoms with Gasteiger partial charge in [0.1, 0.15) is 17.2 Å². The van der Waals surface area contributed by atoms with Crippen molar-refractivity contribution >= 4 is 23.8 Å². The fraction of sp³-hybridized carbons (Fsp3) is 0.179. The molecule has 3 rings (SSSR count). The first-order chi connectivity index (χ1) is 17.4. The summed E-state index contributed by atoms with van der Waals surface area (Å²) in [6.45, 7) is 0.453. The number of unbranched alkanes of at least 4 members (excludes halogenated alkanes) is 1. The predicted molar refractivity (Wildman–Crippen MR) is 133 cm³/mol. The van der Waals surface area contributed by atoms with E-state index in [0.29, 0.717) is 24.5 Å². The van der Waals surface area contributed by atoms with Crippen LogP contribution in [-0.2, 0) is 4.79 Å². The molecule has 0 aliphatic rings. The van der Waals surface area contributed by atoms with Crippen molar-refractivity contribution in [3.05, 3.63) is 95.6 Å². The van der Waals surface area contributed by atoms with E-state index in [9.17, 15) is 19.5 Å². The van der Waals surface area contributed by atoms with E-state index < -0.39 is 18.5 Å². The highest BCUT2D eigenvalue weighted by atomic mass is 16.5. The van der Waals surface area contributed by atoms with Crippen molar-refractivity contribution < 1.29 is 38.8 Å². The second-order valence-electron chi connectivity index (χ2n) is 7.68. The van der Waals surface area contributed by atoms with Crippen LogP contribution in [0, 0.1) is 0 Å². The van der Waals surface area contributed by atoms with Crippen molar-refractivity contribution in [3.63, 3.8) is 0 Å². The molecule has 3 aromatic rings. The molecule has 0 bridgehead atoms. The third-order valence-electron chi connectivity index (χ3n) is 4.96. The van der Waals surface area contributed by atoms with Gasteiger partial charge < -0.3 is 24.4 Å². The minimum Gasteiger partial charge on any atom is -0.494 e. The number of benzene rings is 3. The highest BCUT2D eigenvalue weighted by Gasteiger charge is 2.10. The number of carbonyl (C=O) groups excluding carboxylic acids is 1. The lowest BCUT2D eigenvalue weighted by molar-refractivity contribution is -0.139. The van der Waals surface area contributed by atoms with E-state index in [1.807, 2.05) is 30.3 Å². The molecule has 0 amide bonds. The normalized spacial score (nSPS) is 10.7. The fourth-order valence-electron chi connectivity index (χ4n) is 3.18. The van der Waals surface area contributed by atoms with Gasteiger partial charge in [0.25, 0.3) is 0 Å². The molecule has 0 aliphatic carbocycles. The third kappa shape index (κ3) is 8.32. The first-order valence-corrected chi connectivity index (χ1v) is 11.3. The lowest BCUT2D eigenvalue weighted by Gasteiger charge is -2.09. The topological polar surface area (TPSA) is 119 Å². The molecule has 0 radical (unpaired) electrons. The maximum absolute atomic E-state index is 12.7. The summed E-state index contributed by atoms with van der Waals surface area (Å²) < 4.78 is 16.6. The van der Waals surface area contributed by atoms with Crippen molar-refractivity contribution in [3.8, 4) is 17.2 Å². The van der Waals surface area contributed by atoms with Gasteiger partial charge in [0.15, 0.2) is 12.4 Å². The molecule has 0 atom stereocenters. The van der Waals surface area contributed by atoms with Crippen molar-refractivity contribution in [2.75, 3.05) is 19.8 Å². The molecule has 0 spiro atoms. The Kier molecular flexibility index (Phi) is 9.64. The number of aromatic carboxylic acids is 1. The summed E-state index contributed by atoms with van der Waals surface area (Å²) >= 11 is 0. The molecule has 8 heteroatoms. The molecular formula is C28H26O8. The Hall–Kier alpha value is -4.59. The van der Waals surface area contributed by atoms with Crippen LogP contribution in [0.4, 0.5) is 0 Å². The lowest BCUT2D eigenvalue weighted by Crippen LogP contribution is -2.10. The van der Waals surface area contributed by atoms with E-state index in [0.717, 1.165) is 18.6 Å². The van der Waals surface area contributed by atoms with Crippen LogP contribution < -0.4 is 14.2 Å². The number of hydrogen-bond acceptors (Lipinski definition) is 6. The number of rotatable bonds is 14. The van der Waals surface area contributed by atoms with Crippen LogP contribution in [0.5, 0.6) is 17.2 Å². The summed E-state index contributed by atoms with van der Waals surface area (Å²) in [4.78, 5) is 34.8. The number of hydrogen-bond donors (Lipinski definition) is 2. The molecule has 0 aromatic heterocycles.